The summed E-state index contributed by atoms with van der Waals surface area (Å²) in [4.78, 5) is 10.00. The van der Waals surface area contributed by atoms with Gasteiger partial charge in [-0.15, -0.1) is 0 Å². The molecule has 4 heterocycles. The molecule has 210 valence electrons. The summed E-state index contributed by atoms with van der Waals surface area (Å²) in [5.41, 5.74) is 7.68. The molecule has 6 heteroatoms. The van der Waals surface area contributed by atoms with Crippen LogP contribution in [0.1, 0.15) is 27.7 Å². The van der Waals surface area contributed by atoms with Gasteiger partial charge in [0.25, 0.3) is 0 Å². The summed E-state index contributed by atoms with van der Waals surface area (Å²) in [6, 6.07) is 37.6. The quantitative estimate of drug-likeness (QED) is 0.210. The zero-order chi connectivity index (χ0) is 29.1. The van der Waals surface area contributed by atoms with Gasteiger partial charge < -0.3 is 18.9 Å². The summed E-state index contributed by atoms with van der Waals surface area (Å²) >= 11 is 0. The van der Waals surface area contributed by atoms with Crippen LogP contribution in [0.2, 0.25) is 0 Å². The summed E-state index contributed by atoms with van der Waals surface area (Å²) in [5, 5.41) is 0. The summed E-state index contributed by atoms with van der Waals surface area (Å²) in [6.07, 6.45) is 0. The number of para-hydroxylation sites is 5. The summed E-state index contributed by atoms with van der Waals surface area (Å²) < 4.78 is 15.6. The first kappa shape index (κ1) is 24.4. The van der Waals surface area contributed by atoms with Crippen molar-refractivity contribution in [2.75, 3.05) is 9.80 Å². The lowest BCUT2D eigenvalue weighted by Gasteiger charge is -2.43. The molecule has 43 heavy (non-hydrogen) atoms. The van der Waals surface area contributed by atoms with E-state index in [-0.39, 0.29) is 11.1 Å². The third-order valence-electron chi connectivity index (χ3n) is 9.73. The maximum absolute atomic E-state index is 6.61. The summed E-state index contributed by atoms with van der Waals surface area (Å²) in [6.45, 7) is 9.18. The number of rotatable bonds is 2. The van der Waals surface area contributed by atoms with E-state index in [1.807, 2.05) is 36.4 Å². The molecule has 3 aliphatic heterocycles. The van der Waals surface area contributed by atoms with E-state index in [4.69, 9.17) is 14.5 Å². The Morgan fingerprint density at radius 1 is 0.605 bits per heavy atom. The molecule has 0 saturated carbocycles. The zero-order valence-electron chi connectivity index (χ0n) is 24.5. The molecule has 0 spiro atoms. The molecule has 0 radical (unpaired) electrons. The molecule has 0 atom stereocenters. The fraction of sp³-hybridized carbons (Fsp3) is 0.162. The Balaban J connectivity index is 1.28. The summed E-state index contributed by atoms with van der Waals surface area (Å²) in [5.74, 6) is 4.05. The minimum Gasteiger partial charge on any atom is -0.453 e. The minimum absolute atomic E-state index is 0.285. The van der Waals surface area contributed by atoms with E-state index in [0.29, 0.717) is 0 Å². The molecule has 0 unspecified atom stereocenters. The van der Waals surface area contributed by atoms with E-state index in [1.54, 1.807) is 0 Å². The monoisotopic (exact) mass is 562 g/mol. The number of aromatic nitrogens is 2. The molecule has 0 aliphatic carbocycles. The SMILES string of the molecule is CC1(C)N(c2cc3c4c(c2)Oc2ccccc2N4c2ccccc2O3)c2nc3c(-c4ccccc4)cccc3n2C1(C)C. The van der Waals surface area contributed by atoms with Crippen molar-refractivity contribution in [1.29, 1.82) is 0 Å². The van der Waals surface area contributed by atoms with Gasteiger partial charge in [0.2, 0.25) is 5.95 Å². The number of imidazole rings is 1. The molecule has 5 aromatic carbocycles. The number of hydrogen-bond donors (Lipinski definition) is 0. The third-order valence-corrected chi connectivity index (χ3v) is 9.73. The van der Waals surface area contributed by atoms with Crippen LogP contribution >= 0.6 is 0 Å². The Hall–Kier alpha value is -5.23. The van der Waals surface area contributed by atoms with Gasteiger partial charge in [-0.1, -0.05) is 66.7 Å². The van der Waals surface area contributed by atoms with Crippen LogP contribution < -0.4 is 19.3 Å². The average Bonchev–Trinajstić information content (AvgIpc) is 3.47. The van der Waals surface area contributed by atoms with Crippen LogP contribution in [-0.2, 0) is 5.54 Å². The molecule has 6 aromatic rings. The van der Waals surface area contributed by atoms with Crippen LogP contribution in [0.3, 0.4) is 0 Å². The van der Waals surface area contributed by atoms with Crippen LogP contribution in [0.4, 0.5) is 28.7 Å². The number of hydrogen-bond acceptors (Lipinski definition) is 5. The normalized spacial score (nSPS) is 16.6. The van der Waals surface area contributed by atoms with E-state index in [0.717, 1.165) is 73.9 Å². The maximum Gasteiger partial charge on any atom is 0.212 e. The van der Waals surface area contributed by atoms with Crippen molar-refractivity contribution in [3.05, 3.63) is 109 Å². The Morgan fingerprint density at radius 2 is 1.21 bits per heavy atom. The first-order valence-corrected chi connectivity index (χ1v) is 14.7. The number of ether oxygens (including phenoxy) is 2. The number of fused-ring (bicyclic) bond motifs is 7. The second-order valence-electron chi connectivity index (χ2n) is 12.5. The van der Waals surface area contributed by atoms with E-state index < -0.39 is 0 Å². The van der Waals surface area contributed by atoms with Crippen LogP contribution in [0.5, 0.6) is 23.0 Å². The van der Waals surface area contributed by atoms with Gasteiger partial charge in [-0.2, -0.15) is 0 Å². The molecule has 0 fully saturated rings. The molecular formula is C37H30N4O2. The van der Waals surface area contributed by atoms with Crippen molar-refractivity contribution in [3.8, 4) is 34.1 Å². The Bertz CT molecular complexity index is 2040. The largest absolute Gasteiger partial charge is 0.453 e. The molecule has 0 saturated heterocycles. The van der Waals surface area contributed by atoms with E-state index in [2.05, 4.69) is 115 Å². The fourth-order valence-electron chi connectivity index (χ4n) is 7.01. The van der Waals surface area contributed by atoms with E-state index in [9.17, 15) is 0 Å². The predicted molar refractivity (Wildman–Crippen MR) is 172 cm³/mol. The number of anilines is 5. The van der Waals surface area contributed by atoms with E-state index in [1.165, 1.54) is 0 Å². The zero-order valence-corrected chi connectivity index (χ0v) is 24.5. The molecule has 0 N–H and O–H groups in total. The standard InChI is InChI=1S/C37H30N4O2/c1-36(2)37(3,4)41-28-18-12-15-25(23-13-6-5-7-14-23)33(28)38-35(41)40(36)24-21-31-34-32(22-24)43-30-20-11-9-17-27(30)39(34)26-16-8-10-19-29(26)42-31/h5-22H,1-4H3. The van der Waals surface area contributed by atoms with Gasteiger partial charge in [0.05, 0.1) is 39.2 Å². The van der Waals surface area contributed by atoms with Crippen LogP contribution in [0.15, 0.2) is 109 Å². The first-order chi connectivity index (χ1) is 20.8. The van der Waals surface area contributed by atoms with Gasteiger partial charge in [0, 0.05) is 17.7 Å². The number of benzene rings is 5. The first-order valence-electron chi connectivity index (χ1n) is 14.7. The maximum atomic E-state index is 6.61. The lowest BCUT2D eigenvalue weighted by molar-refractivity contribution is 0.253. The molecule has 1 aromatic heterocycles. The van der Waals surface area contributed by atoms with Gasteiger partial charge in [0.15, 0.2) is 23.0 Å². The minimum atomic E-state index is -0.327. The van der Waals surface area contributed by atoms with Crippen molar-refractivity contribution in [3.63, 3.8) is 0 Å². The van der Waals surface area contributed by atoms with Gasteiger partial charge in [-0.05, 0) is 63.6 Å². The second kappa shape index (κ2) is 8.19. The highest BCUT2D eigenvalue weighted by Crippen LogP contribution is 2.62. The predicted octanol–water partition coefficient (Wildman–Crippen LogP) is 10.0. The summed E-state index contributed by atoms with van der Waals surface area (Å²) in [7, 11) is 0. The van der Waals surface area contributed by atoms with Crippen LogP contribution in [0, 0.1) is 0 Å². The van der Waals surface area contributed by atoms with Crippen LogP contribution in [-0.4, -0.2) is 15.1 Å². The molecule has 9 rings (SSSR count). The fourth-order valence-corrected chi connectivity index (χ4v) is 7.01. The molecule has 3 aliphatic rings. The molecular weight excluding hydrogens is 532 g/mol. The Morgan fingerprint density at radius 3 is 1.86 bits per heavy atom. The molecule has 0 bridgehead atoms. The highest BCUT2D eigenvalue weighted by Gasteiger charge is 2.54. The average molecular weight is 563 g/mol. The second-order valence-corrected chi connectivity index (χ2v) is 12.5. The highest BCUT2D eigenvalue weighted by molar-refractivity contribution is 5.97. The van der Waals surface area contributed by atoms with Crippen molar-refractivity contribution < 1.29 is 9.47 Å². The molecule has 6 nitrogen and oxygen atoms in total. The van der Waals surface area contributed by atoms with Crippen molar-refractivity contribution in [2.45, 2.75) is 38.8 Å². The van der Waals surface area contributed by atoms with Gasteiger partial charge in [-0.3, -0.25) is 4.90 Å². The van der Waals surface area contributed by atoms with Crippen molar-refractivity contribution in [2.24, 2.45) is 0 Å². The van der Waals surface area contributed by atoms with Crippen molar-refractivity contribution >= 4 is 39.7 Å². The lowest BCUT2D eigenvalue weighted by atomic mass is 9.82. The van der Waals surface area contributed by atoms with Gasteiger partial charge in [-0.25, -0.2) is 4.98 Å². The van der Waals surface area contributed by atoms with Crippen LogP contribution in [0.25, 0.3) is 22.2 Å². The Kier molecular flexibility index (Phi) is 4.65. The number of nitrogens with zero attached hydrogens (tertiary/aromatic N) is 4. The third kappa shape index (κ3) is 3.10. The van der Waals surface area contributed by atoms with E-state index >= 15 is 0 Å². The molecule has 0 amide bonds. The topological polar surface area (TPSA) is 42.8 Å². The van der Waals surface area contributed by atoms with Gasteiger partial charge >= 0.3 is 0 Å². The highest BCUT2D eigenvalue weighted by atomic mass is 16.5. The van der Waals surface area contributed by atoms with Gasteiger partial charge in [0.1, 0.15) is 5.69 Å². The lowest BCUT2D eigenvalue weighted by Crippen LogP contribution is -2.50. The smallest absolute Gasteiger partial charge is 0.212 e. The van der Waals surface area contributed by atoms with Crippen molar-refractivity contribution in [1.82, 2.24) is 9.55 Å². The Labute approximate surface area is 250 Å².